The van der Waals surface area contributed by atoms with E-state index in [-0.39, 0.29) is 5.75 Å². The van der Waals surface area contributed by atoms with Gasteiger partial charge in [-0.2, -0.15) is 9.83 Å². The molecule has 0 spiro atoms. The molecule has 0 radical (unpaired) electrons. The molecular formula is C12H10N3O2S2+. The van der Waals surface area contributed by atoms with Crippen LogP contribution in [0.2, 0.25) is 0 Å². The van der Waals surface area contributed by atoms with Gasteiger partial charge in [0.25, 0.3) is 5.69 Å². The lowest BCUT2D eigenvalue weighted by Gasteiger charge is -1.98. The second kappa shape index (κ2) is 5.73. The van der Waals surface area contributed by atoms with E-state index in [1.165, 1.54) is 23.1 Å². The Morgan fingerprint density at radius 3 is 2.74 bits per heavy atom. The van der Waals surface area contributed by atoms with Crippen molar-refractivity contribution >= 4 is 34.8 Å². The van der Waals surface area contributed by atoms with Crippen LogP contribution < -0.4 is 10.3 Å². The average molecular weight is 292 g/mol. The molecule has 0 aromatic carbocycles. The van der Waals surface area contributed by atoms with E-state index in [4.69, 9.17) is 16.1 Å². The van der Waals surface area contributed by atoms with Crippen LogP contribution in [0.1, 0.15) is 4.88 Å². The fourth-order valence-corrected chi connectivity index (χ4v) is 3.53. The van der Waals surface area contributed by atoms with Crippen molar-refractivity contribution in [3.63, 3.8) is 0 Å². The Hall–Kier alpha value is -2.04. The first-order valence-corrected chi connectivity index (χ1v) is 7.07. The van der Waals surface area contributed by atoms with Crippen molar-refractivity contribution in [1.82, 2.24) is 0 Å². The summed E-state index contributed by atoms with van der Waals surface area (Å²) in [6, 6.07) is 7.59. The highest BCUT2D eigenvalue weighted by atomic mass is 32.2. The van der Waals surface area contributed by atoms with Gasteiger partial charge in [-0.1, -0.05) is 17.8 Å². The number of carboxylic acids is 1. The lowest BCUT2D eigenvalue weighted by atomic mass is 10.3. The highest BCUT2D eigenvalue weighted by Gasteiger charge is 2.24. The van der Waals surface area contributed by atoms with Gasteiger partial charge in [0.1, 0.15) is 20.8 Å². The van der Waals surface area contributed by atoms with E-state index < -0.39 is 5.97 Å². The third-order valence-electron chi connectivity index (χ3n) is 2.29. The van der Waals surface area contributed by atoms with Crippen LogP contribution in [0.3, 0.4) is 0 Å². The summed E-state index contributed by atoms with van der Waals surface area (Å²) >= 11 is 2.38. The van der Waals surface area contributed by atoms with Gasteiger partial charge in [0, 0.05) is 12.1 Å². The Morgan fingerprint density at radius 1 is 1.47 bits per heavy atom. The van der Waals surface area contributed by atoms with Crippen molar-refractivity contribution in [2.24, 2.45) is 0 Å². The van der Waals surface area contributed by atoms with E-state index in [1.807, 2.05) is 36.7 Å². The average Bonchev–Trinajstić information content (AvgIpc) is 2.73. The van der Waals surface area contributed by atoms with Gasteiger partial charge in [-0.15, -0.1) is 11.3 Å². The number of aliphatic carboxylic acids is 1. The summed E-state index contributed by atoms with van der Waals surface area (Å²) in [5.41, 5.74) is 7.02. The van der Waals surface area contributed by atoms with E-state index >= 15 is 0 Å². The van der Waals surface area contributed by atoms with Crippen LogP contribution in [0.4, 0.5) is 5.69 Å². The number of thioether (sulfide) groups is 1. The van der Waals surface area contributed by atoms with Gasteiger partial charge in [0.05, 0.1) is 5.75 Å². The van der Waals surface area contributed by atoms with Crippen LogP contribution >= 0.6 is 23.1 Å². The molecule has 2 aromatic rings. The Kier molecular flexibility index (Phi) is 4.04. The third kappa shape index (κ3) is 2.86. The van der Waals surface area contributed by atoms with Crippen LogP contribution in [0.25, 0.3) is 5.69 Å². The minimum atomic E-state index is -0.903. The highest BCUT2D eigenvalue weighted by Crippen LogP contribution is 2.37. The minimum Gasteiger partial charge on any atom is -0.481 e. The fraction of sp³-hybridized carbons (Fsp3) is 0.0833. The Morgan fingerprint density at radius 2 is 2.16 bits per heavy atom. The number of pyridine rings is 1. The molecule has 0 unspecified atom stereocenters. The summed E-state index contributed by atoms with van der Waals surface area (Å²) in [5, 5.41) is 17.8. The molecular weight excluding hydrogens is 282 g/mol. The summed E-state index contributed by atoms with van der Waals surface area (Å²) in [6.45, 7) is 0. The number of nitrogen functional groups attached to an aromatic ring is 1. The first kappa shape index (κ1) is 13.4. The number of hydrogen-bond donors (Lipinski definition) is 2. The van der Waals surface area contributed by atoms with E-state index in [1.54, 1.807) is 4.57 Å². The molecule has 7 heteroatoms. The molecule has 0 saturated carbocycles. The highest BCUT2D eigenvalue weighted by molar-refractivity contribution is 8.01. The molecule has 3 N–H and O–H groups in total. The molecule has 96 valence electrons. The summed E-state index contributed by atoms with van der Waals surface area (Å²) in [6.07, 6.45) is 3.62. The molecule has 0 fully saturated rings. The van der Waals surface area contributed by atoms with Gasteiger partial charge in [-0.3, -0.25) is 4.79 Å². The maximum absolute atomic E-state index is 10.7. The van der Waals surface area contributed by atoms with Crippen LogP contribution in [0.5, 0.6) is 0 Å². The van der Waals surface area contributed by atoms with Gasteiger partial charge in [0.15, 0.2) is 12.4 Å². The van der Waals surface area contributed by atoms with E-state index in [9.17, 15) is 4.79 Å². The summed E-state index contributed by atoms with van der Waals surface area (Å²) in [7, 11) is 0. The lowest BCUT2D eigenvalue weighted by Crippen LogP contribution is -2.30. The van der Waals surface area contributed by atoms with E-state index in [0.717, 1.165) is 4.21 Å². The number of aromatic nitrogens is 1. The molecule has 0 saturated heterocycles. The summed E-state index contributed by atoms with van der Waals surface area (Å²) in [4.78, 5) is 11.1. The number of nitrogens with zero attached hydrogens (tertiary/aromatic N) is 2. The number of nitriles is 1. The zero-order valence-electron chi connectivity index (χ0n) is 9.74. The Labute approximate surface area is 117 Å². The second-order valence-corrected chi connectivity index (χ2v) is 5.82. The molecule has 2 rings (SSSR count). The van der Waals surface area contributed by atoms with Crippen molar-refractivity contribution in [3.8, 4) is 11.8 Å². The maximum atomic E-state index is 10.7. The van der Waals surface area contributed by atoms with E-state index in [0.29, 0.717) is 16.3 Å². The van der Waals surface area contributed by atoms with Gasteiger partial charge in [-0.25, -0.2) is 0 Å². The molecule has 0 aliphatic rings. The molecule has 0 bridgehead atoms. The van der Waals surface area contributed by atoms with Gasteiger partial charge in [0.2, 0.25) is 0 Å². The number of carbonyl (C=O) groups is 1. The Balaban J connectivity index is 2.48. The van der Waals surface area contributed by atoms with Crippen molar-refractivity contribution in [3.05, 3.63) is 35.5 Å². The monoisotopic (exact) mass is 292 g/mol. The standard InChI is InChI=1S/C12H9N3O2S2/c13-6-8-10(14)11(15-4-2-1-3-5-15)12(19-8)18-7-9(16)17/h1-5H,7,14H2/p+1. The molecule has 5 nitrogen and oxygen atoms in total. The number of carboxylic acid groups (broad SMARTS) is 1. The third-order valence-corrected chi connectivity index (χ3v) is 4.63. The van der Waals surface area contributed by atoms with E-state index in [2.05, 4.69) is 0 Å². The molecule has 0 aliphatic carbocycles. The number of rotatable bonds is 4. The predicted octanol–water partition coefficient (Wildman–Crippen LogP) is 1.66. The van der Waals surface area contributed by atoms with Crippen LogP contribution in [0.15, 0.2) is 34.8 Å². The smallest absolute Gasteiger partial charge is 0.313 e. The largest absolute Gasteiger partial charge is 0.481 e. The quantitative estimate of drug-likeness (QED) is 0.660. The van der Waals surface area contributed by atoms with Crippen molar-refractivity contribution in [1.29, 1.82) is 5.26 Å². The number of nitrogens with two attached hydrogens (primary N) is 1. The summed E-state index contributed by atoms with van der Waals surface area (Å²) in [5.74, 6) is -0.968. The number of anilines is 1. The zero-order valence-corrected chi connectivity index (χ0v) is 11.4. The zero-order chi connectivity index (χ0) is 13.8. The van der Waals surface area contributed by atoms with Gasteiger partial charge >= 0.3 is 5.97 Å². The lowest BCUT2D eigenvalue weighted by molar-refractivity contribution is -0.596. The van der Waals surface area contributed by atoms with Crippen LogP contribution in [-0.4, -0.2) is 16.8 Å². The van der Waals surface area contributed by atoms with Gasteiger partial charge in [-0.05, 0) is 0 Å². The van der Waals surface area contributed by atoms with Crippen LogP contribution in [0, 0.1) is 11.3 Å². The molecule has 0 amide bonds. The normalized spacial score (nSPS) is 10.1. The topological polar surface area (TPSA) is 91.0 Å². The van der Waals surface area contributed by atoms with Crippen molar-refractivity contribution < 1.29 is 14.5 Å². The first-order chi connectivity index (χ1) is 9.13. The SMILES string of the molecule is N#Cc1sc(SCC(=O)O)c(-[n+]2ccccc2)c1N. The number of hydrogen-bond acceptors (Lipinski definition) is 5. The summed E-state index contributed by atoms with van der Waals surface area (Å²) < 4.78 is 2.52. The molecule has 0 aliphatic heterocycles. The number of thiophene rings is 1. The predicted molar refractivity (Wildman–Crippen MR) is 73.3 cm³/mol. The van der Waals surface area contributed by atoms with Gasteiger partial charge < -0.3 is 10.8 Å². The first-order valence-electron chi connectivity index (χ1n) is 5.27. The minimum absolute atomic E-state index is 0.0643. The molecule has 2 aromatic heterocycles. The second-order valence-electron chi connectivity index (χ2n) is 3.56. The van der Waals surface area contributed by atoms with Crippen LogP contribution in [-0.2, 0) is 4.79 Å². The fourth-order valence-electron chi connectivity index (χ4n) is 1.51. The van der Waals surface area contributed by atoms with Crippen molar-refractivity contribution in [2.45, 2.75) is 4.21 Å². The molecule has 0 atom stereocenters. The molecule has 2 heterocycles. The maximum Gasteiger partial charge on any atom is 0.313 e. The van der Waals surface area contributed by atoms with Crippen molar-refractivity contribution in [2.75, 3.05) is 11.5 Å². The molecule has 19 heavy (non-hydrogen) atoms. The Bertz CT molecular complexity index is 647.